The van der Waals surface area contributed by atoms with Crippen molar-refractivity contribution in [1.82, 2.24) is 20.1 Å². The molecule has 3 aromatic rings. The first-order valence-electron chi connectivity index (χ1n) is 9.49. The topological polar surface area (TPSA) is 80.1 Å². The average molecular weight is 443 g/mol. The summed E-state index contributed by atoms with van der Waals surface area (Å²) < 4.78 is 28.9. The van der Waals surface area contributed by atoms with Crippen molar-refractivity contribution in [3.8, 4) is 0 Å². The lowest BCUT2D eigenvalue weighted by Crippen LogP contribution is -2.39. The molecular formula is C21H19F2N5O2S. The molecule has 1 unspecified atom stereocenters. The van der Waals surface area contributed by atoms with Crippen LogP contribution in [0, 0.1) is 11.6 Å². The van der Waals surface area contributed by atoms with Gasteiger partial charge in [0.1, 0.15) is 16.7 Å². The third-order valence-electron chi connectivity index (χ3n) is 4.76. The van der Waals surface area contributed by atoms with Crippen LogP contribution < -0.4 is 10.2 Å². The van der Waals surface area contributed by atoms with Crippen LogP contribution in [0.3, 0.4) is 0 Å². The van der Waals surface area contributed by atoms with Crippen LogP contribution in [0.1, 0.15) is 28.4 Å². The molecule has 1 atom stereocenters. The second-order valence-corrected chi connectivity index (χ2v) is 8.54. The van der Waals surface area contributed by atoms with E-state index in [-0.39, 0.29) is 23.9 Å². The van der Waals surface area contributed by atoms with Gasteiger partial charge < -0.3 is 10.2 Å². The molecule has 7 nitrogen and oxygen atoms in total. The minimum Gasteiger partial charge on any atom is -0.348 e. The van der Waals surface area contributed by atoms with E-state index in [9.17, 15) is 18.4 Å². The normalized spacial score (nSPS) is 15.7. The molecule has 1 N–H and O–H groups in total. The van der Waals surface area contributed by atoms with E-state index in [1.807, 2.05) is 0 Å². The number of benzene rings is 1. The standard InChI is InChI=1S/C21H19F2N5O2S/c1-12-21(30)28(11-13-3-16(22)6-17(23)4-13)18-5-15(9-25-20(18)31-12)19(29)24-7-14-8-26-27(2)10-14/h3-6,8-10,12H,7,11H2,1-2H3,(H,24,29). The first kappa shape index (κ1) is 21.0. The Bertz CT molecular complexity index is 1150. The number of rotatable bonds is 5. The van der Waals surface area contributed by atoms with Crippen molar-refractivity contribution >= 4 is 29.3 Å². The Kier molecular flexibility index (Phi) is 5.73. The number of carbonyl (C=O) groups excluding carboxylic acids is 2. The largest absolute Gasteiger partial charge is 0.348 e. The maximum atomic E-state index is 13.6. The highest BCUT2D eigenvalue weighted by molar-refractivity contribution is 8.00. The van der Waals surface area contributed by atoms with E-state index in [2.05, 4.69) is 15.4 Å². The van der Waals surface area contributed by atoms with Crippen LogP contribution in [0.4, 0.5) is 14.5 Å². The number of hydrogen-bond acceptors (Lipinski definition) is 5. The van der Waals surface area contributed by atoms with E-state index in [0.717, 1.165) is 11.6 Å². The van der Waals surface area contributed by atoms with Crippen molar-refractivity contribution in [2.24, 2.45) is 7.05 Å². The Hall–Kier alpha value is -3.27. The first-order valence-corrected chi connectivity index (χ1v) is 10.4. The molecule has 0 saturated carbocycles. The number of carbonyl (C=O) groups is 2. The van der Waals surface area contributed by atoms with E-state index in [0.29, 0.717) is 22.8 Å². The fourth-order valence-corrected chi connectivity index (χ4v) is 4.27. The van der Waals surface area contributed by atoms with Crippen LogP contribution in [-0.2, 0) is 24.9 Å². The second kappa shape index (κ2) is 8.46. The number of aryl methyl sites for hydroxylation is 1. The van der Waals surface area contributed by atoms with E-state index >= 15 is 0 Å². The van der Waals surface area contributed by atoms with Crippen LogP contribution in [0.25, 0.3) is 0 Å². The third kappa shape index (κ3) is 4.58. The van der Waals surface area contributed by atoms with E-state index in [1.54, 1.807) is 37.1 Å². The average Bonchev–Trinajstić information content (AvgIpc) is 3.14. The number of nitrogens with zero attached hydrogens (tertiary/aromatic N) is 4. The zero-order valence-electron chi connectivity index (χ0n) is 16.8. The van der Waals surface area contributed by atoms with E-state index in [4.69, 9.17) is 0 Å². The van der Waals surface area contributed by atoms with E-state index in [1.165, 1.54) is 35.0 Å². The highest BCUT2D eigenvalue weighted by Crippen LogP contribution is 2.38. The van der Waals surface area contributed by atoms with Crippen LogP contribution >= 0.6 is 11.8 Å². The molecule has 31 heavy (non-hydrogen) atoms. The fourth-order valence-electron chi connectivity index (χ4n) is 3.30. The summed E-state index contributed by atoms with van der Waals surface area (Å²) in [6.45, 7) is 2.00. The van der Waals surface area contributed by atoms with Crippen molar-refractivity contribution in [1.29, 1.82) is 0 Å². The minimum absolute atomic E-state index is 0.0339. The maximum Gasteiger partial charge on any atom is 0.253 e. The third-order valence-corrected chi connectivity index (χ3v) is 5.85. The van der Waals surface area contributed by atoms with E-state index < -0.39 is 16.9 Å². The predicted octanol–water partition coefficient (Wildman–Crippen LogP) is 3.05. The molecule has 2 amide bonds. The van der Waals surface area contributed by atoms with Gasteiger partial charge in [-0.2, -0.15) is 5.10 Å². The van der Waals surface area contributed by atoms with Crippen molar-refractivity contribution in [2.45, 2.75) is 30.3 Å². The Morgan fingerprint density at radius 3 is 2.58 bits per heavy atom. The molecule has 1 aliphatic rings. The number of thioether (sulfide) groups is 1. The molecular weight excluding hydrogens is 424 g/mol. The summed E-state index contributed by atoms with van der Waals surface area (Å²) in [5.41, 5.74) is 1.87. The highest BCUT2D eigenvalue weighted by Gasteiger charge is 2.32. The highest BCUT2D eigenvalue weighted by atomic mass is 32.2. The number of hydrogen-bond donors (Lipinski definition) is 1. The number of fused-ring (bicyclic) bond motifs is 1. The van der Waals surface area contributed by atoms with Crippen molar-refractivity contribution in [3.05, 3.63) is 71.2 Å². The lowest BCUT2D eigenvalue weighted by molar-refractivity contribution is -0.118. The summed E-state index contributed by atoms with van der Waals surface area (Å²) in [6, 6.07) is 4.72. The molecule has 1 aliphatic heterocycles. The Balaban J connectivity index is 1.60. The number of nitrogens with one attached hydrogen (secondary N) is 1. The monoisotopic (exact) mass is 443 g/mol. The quantitative estimate of drug-likeness (QED) is 0.656. The van der Waals surface area contributed by atoms with Crippen LogP contribution in [0.15, 0.2) is 47.9 Å². The number of pyridine rings is 1. The van der Waals surface area contributed by atoms with Crippen molar-refractivity contribution < 1.29 is 18.4 Å². The molecule has 160 valence electrons. The molecule has 0 bridgehead atoms. The van der Waals surface area contributed by atoms with Gasteiger partial charge in [0, 0.05) is 37.6 Å². The molecule has 0 saturated heterocycles. The summed E-state index contributed by atoms with van der Waals surface area (Å²) in [7, 11) is 1.79. The predicted molar refractivity (Wildman–Crippen MR) is 111 cm³/mol. The van der Waals surface area contributed by atoms with Crippen LogP contribution in [-0.4, -0.2) is 31.8 Å². The van der Waals surface area contributed by atoms with Crippen molar-refractivity contribution in [3.63, 3.8) is 0 Å². The molecule has 0 spiro atoms. The zero-order chi connectivity index (χ0) is 22.1. The molecule has 10 heteroatoms. The lowest BCUT2D eigenvalue weighted by atomic mass is 10.1. The van der Waals surface area contributed by atoms with Gasteiger partial charge in [0.25, 0.3) is 5.91 Å². The molecule has 1 aromatic carbocycles. The summed E-state index contributed by atoms with van der Waals surface area (Å²) >= 11 is 1.28. The number of amides is 2. The number of aromatic nitrogens is 3. The fraction of sp³-hybridized carbons (Fsp3) is 0.238. The van der Waals surface area contributed by atoms with Gasteiger partial charge in [0.2, 0.25) is 5.91 Å². The van der Waals surface area contributed by atoms with Gasteiger partial charge in [-0.15, -0.1) is 0 Å². The summed E-state index contributed by atoms with van der Waals surface area (Å²) in [6.07, 6.45) is 4.90. The van der Waals surface area contributed by atoms with Crippen LogP contribution in [0.5, 0.6) is 0 Å². The van der Waals surface area contributed by atoms with Gasteiger partial charge in [-0.3, -0.25) is 14.3 Å². The van der Waals surface area contributed by atoms with Crippen molar-refractivity contribution in [2.75, 3.05) is 4.90 Å². The molecule has 0 fully saturated rings. The van der Waals surface area contributed by atoms with Gasteiger partial charge in [0.15, 0.2) is 0 Å². The zero-order valence-corrected chi connectivity index (χ0v) is 17.6. The molecule has 3 heterocycles. The van der Waals surface area contributed by atoms with Gasteiger partial charge >= 0.3 is 0 Å². The summed E-state index contributed by atoms with van der Waals surface area (Å²) in [5, 5.41) is 7.01. The van der Waals surface area contributed by atoms with Gasteiger partial charge in [-0.1, -0.05) is 11.8 Å². The minimum atomic E-state index is -0.719. The van der Waals surface area contributed by atoms with Gasteiger partial charge in [0.05, 0.1) is 29.2 Å². The molecule has 0 radical (unpaired) electrons. The van der Waals surface area contributed by atoms with Crippen LogP contribution in [0.2, 0.25) is 0 Å². The maximum absolute atomic E-state index is 13.6. The first-order chi connectivity index (χ1) is 14.8. The second-order valence-electron chi connectivity index (χ2n) is 7.22. The summed E-state index contributed by atoms with van der Waals surface area (Å²) in [5.74, 6) is -2.02. The SMILES string of the molecule is CC1Sc2ncc(C(=O)NCc3cnn(C)c3)cc2N(Cc2cc(F)cc(F)c2)C1=O. The van der Waals surface area contributed by atoms with Gasteiger partial charge in [-0.25, -0.2) is 13.8 Å². The number of anilines is 1. The Morgan fingerprint density at radius 2 is 1.90 bits per heavy atom. The summed E-state index contributed by atoms with van der Waals surface area (Å²) in [4.78, 5) is 31.2. The lowest BCUT2D eigenvalue weighted by Gasteiger charge is -2.32. The molecule has 4 rings (SSSR count). The number of halogens is 2. The van der Waals surface area contributed by atoms with Gasteiger partial charge in [-0.05, 0) is 30.7 Å². The molecule has 0 aliphatic carbocycles. The Morgan fingerprint density at radius 1 is 1.16 bits per heavy atom. The Labute approximate surface area is 181 Å². The molecule has 2 aromatic heterocycles. The smallest absolute Gasteiger partial charge is 0.253 e.